The number of thiazole rings is 1. The van der Waals surface area contributed by atoms with Crippen LogP contribution >= 0.6 is 11.3 Å². The molecule has 2 heterocycles. The second-order valence-corrected chi connectivity index (χ2v) is 8.86. The summed E-state index contributed by atoms with van der Waals surface area (Å²) in [6, 6.07) is 0. The van der Waals surface area contributed by atoms with Crippen molar-refractivity contribution >= 4 is 17.3 Å². The Hall–Kier alpha value is -1.10. The lowest BCUT2D eigenvalue weighted by molar-refractivity contribution is 0.299. The highest BCUT2D eigenvalue weighted by atomic mass is 32.1. The molecule has 1 aliphatic carbocycles. The standard InChI is InChI=1S/C18H30N4S/c1-18(2,3)16-21-15(12-23-16)9-20-17(19-4)22-10-13-7-5-6-8-14(13)11-22/h12-14H,5-11H2,1-4H3,(H,19,20). The fourth-order valence-electron chi connectivity index (χ4n) is 3.81. The van der Waals surface area contributed by atoms with Crippen molar-refractivity contribution < 1.29 is 0 Å². The quantitative estimate of drug-likeness (QED) is 0.663. The third-order valence-electron chi connectivity index (χ3n) is 5.11. The highest BCUT2D eigenvalue weighted by molar-refractivity contribution is 7.09. The van der Waals surface area contributed by atoms with Crippen molar-refractivity contribution in [2.45, 2.75) is 58.4 Å². The molecule has 5 heteroatoms. The summed E-state index contributed by atoms with van der Waals surface area (Å²) in [6.07, 6.45) is 5.63. The van der Waals surface area contributed by atoms with Crippen molar-refractivity contribution in [3.63, 3.8) is 0 Å². The molecule has 1 aliphatic heterocycles. The number of guanidine groups is 1. The van der Waals surface area contributed by atoms with Crippen LogP contribution in [-0.2, 0) is 12.0 Å². The van der Waals surface area contributed by atoms with Crippen LogP contribution in [0.5, 0.6) is 0 Å². The normalized spacial score (nSPS) is 25.6. The summed E-state index contributed by atoms with van der Waals surface area (Å²) in [5, 5.41) is 6.90. The van der Waals surface area contributed by atoms with Gasteiger partial charge in [-0.25, -0.2) is 4.98 Å². The minimum atomic E-state index is 0.134. The minimum Gasteiger partial charge on any atom is -0.351 e. The molecule has 1 aromatic heterocycles. The first kappa shape index (κ1) is 16.7. The summed E-state index contributed by atoms with van der Waals surface area (Å²) in [5.74, 6) is 2.81. The van der Waals surface area contributed by atoms with E-state index in [-0.39, 0.29) is 5.41 Å². The maximum Gasteiger partial charge on any atom is 0.193 e. The largest absolute Gasteiger partial charge is 0.351 e. The van der Waals surface area contributed by atoms with E-state index in [1.807, 2.05) is 7.05 Å². The summed E-state index contributed by atoms with van der Waals surface area (Å²) >= 11 is 1.76. The molecule has 1 aromatic rings. The van der Waals surface area contributed by atoms with Gasteiger partial charge in [0.05, 0.1) is 17.2 Å². The number of hydrogen-bond acceptors (Lipinski definition) is 3. The first-order valence-corrected chi connectivity index (χ1v) is 9.76. The minimum absolute atomic E-state index is 0.134. The molecule has 0 radical (unpaired) electrons. The van der Waals surface area contributed by atoms with Crippen LogP contribution in [0.2, 0.25) is 0 Å². The van der Waals surface area contributed by atoms with Gasteiger partial charge >= 0.3 is 0 Å². The lowest BCUT2D eigenvalue weighted by Gasteiger charge is -2.22. The summed E-state index contributed by atoms with van der Waals surface area (Å²) in [6.45, 7) is 9.77. The average molecular weight is 335 g/mol. The molecule has 1 N–H and O–H groups in total. The van der Waals surface area contributed by atoms with E-state index in [1.54, 1.807) is 11.3 Å². The lowest BCUT2D eigenvalue weighted by atomic mass is 9.82. The Labute approximate surface area is 144 Å². The van der Waals surface area contributed by atoms with Crippen molar-refractivity contribution in [3.05, 3.63) is 16.1 Å². The van der Waals surface area contributed by atoms with E-state index < -0.39 is 0 Å². The van der Waals surface area contributed by atoms with Crippen LogP contribution in [0.1, 0.15) is 57.2 Å². The second-order valence-electron chi connectivity index (χ2n) is 8.00. The first-order chi connectivity index (χ1) is 11.0. The number of aromatic nitrogens is 1. The molecule has 128 valence electrons. The molecule has 2 aliphatic rings. The number of nitrogens with zero attached hydrogens (tertiary/aromatic N) is 3. The van der Waals surface area contributed by atoms with Crippen LogP contribution in [0.3, 0.4) is 0 Å². The van der Waals surface area contributed by atoms with E-state index in [4.69, 9.17) is 4.98 Å². The molecule has 4 nitrogen and oxygen atoms in total. The smallest absolute Gasteiger partial charge is 0.193 e. The molecule has 0 spiro atoms. The van der Waals surface area contributed by atoms with E-state index in [0.29, 0.717) is 0 Å². The van der Waals surface area contributed by atoms with E-state index in [9.17, 15) is 0 Å². The summed E-state index contributed by atoms with van der Waals surface area (Å²) < 4.78 is 0. The molecule has 1 saturated carbocycles. The summed E-state index contributed by atoms with van der Waals surface area (Å²) in [4.78, 5) is 11.7. The van der Waals surface area contributed by atoms with Crippen molar-refractivity contribution in [2.75, 3.05) is 20.1 Å². The van der Waals surface area contributed by atoms with Crippen LogP contribution in [0.15, 0.2) is 10.4 Å². The van der Waals surface area contributed by atoms with E-state index >= 15 is 0 Å². The highest BCUT2D eigenvalue weighted by Gasteiger charge is 2.35. The number of likely N-dealkylation sites (tertiary alicyclic amines) is 1. The van der Waals surface area contributed by atoms with E-state index in [2.05, 4.69) is 41.4 Å². The van der Waals surface area contributed by atoms with Gasteiger partial charge < -0.3 is 10.2 Å². The molecule has 3 rings (SSSR count). The molecule has 2 fully saturated rings. The molecule has 0 aromatic carbocycles. The van der Waals surface area contributed by atoms with Crippen molar-refractivity contribution in [1.29, 1.82) is 0 Å². The average Bonchev–Trinajstić information content (AvgIpc) is 3.13. The predicted molar refractivity (Wildman–Crippen MR) is 98.0 cm³/mol. The van der Waals surface area contributed by atoms with Crippen LogP contribution in [0.25, 0.3) is 0 Å². The van der Waals surface area contributed by atoms with Gasteiger partial charge in [-0.15, -0.1) is 11.3 Å². The Bertz CT molecular complexity index is 544. The van der Waals surface area contributed by atoms with Gasteiger partial charge in [0.25, 0.3) is 0 Å². The van der Waals surface area contributed by atoms with Crippen molar-refractivity contribution in [1.82, 2.24) is 15.2 Å². The van der Waals surface area contributed by atoms with Gasteiger partial charge in [0.1, 0.15) is 0 Å². The fraction of sp³-hybridized carbons (Fsp3) is 0.778. The van der Waals surface area contributed by atoms with Gasteiger partial charge in [-0.2, -0.15) is 0 Å². The van der Waals surface area contributed by atoms with Crippen LogP contribution in [0.4, 0.5) is 0 Å². The molecule has 0 amide bonds. The SMILES string of the molecule is CN=C(NCc1csc(C(C)(C)C)n1)N1CC2CCCCC2C1. The fourth-order valence-corrected chi connectivity index (χ4v) is 4.72. The topological polar surface area (TPSA) is 40.5 Å². The predicted octanol–water partition coefficient (Wildman–Crippen LogP) is 3.64. The number of fused-ring (bicyclic) bond motifs is 1. The monoisotopic (exact) mass is 334 g/mol. The molecule has 23 heavy (non-hydrogen) atoms. The van der Waals surface area contributed by atoms with Gasteiger partial charge in [-0.3, -0.25) is 4.99 Å². The Morgan fingerprint density at radius 1 is 1.30 bits per heavy atom. The van der Waals surface area contributed by atoms with E-state index in [0.717, 1.165) is 30.0 Å². The third-order valence-corrected chi connectivity index (χ3v) is 6.43. The molecule has 2 unspecified atom stereocenters. The zero-order chi connectivity index (χ0) is 16.4. The van der Waals surface area contributed by atoms with Crippen LogP contribution in [0, 0.1) is 11.8 Å². The van der Waals surface area contributed by atoms with Crippen molar-refractivity contribution in [3.8, 4) is 0 Å². The van der Waals surface area contributed by atoms with Crippen LogP contribution in [-0.4, -0.2) is 36.0 Å². The zero-order valence-corrected chi connectivity index (χ0v) is 15.7. The lowest BCUT2D eigenvalue weighted by Crippen LogP contribution is -2.40. The Kier molecular flexibility index (Phi) is 4.95. The Balaban J connectivity index is 1.57. The third kappa shape index (κ3) is 3.87. The van der Waals surface area contributed by atoms with Gasteiger partial charge in [0.2, 0.25) is 0 Å². The molecule has 0 bridgehead atoms. The number of rotatable bonds is 2. The highest BCUT2D eigenvalue weighted by Crippen LogP contribution is 2.36. The maximum absolute atomic E-state index is 4.77. The first-order valence-electron chi connectivity index (χ1n) is 8.88. The Morgan fingerprint density at radius 2 is 1.96 bits per heavy atom. The Morgan fingerprint density at radius 3 is 2.48 bits per heavy atom. The molecular weight excluding hydrogens is 304 g/mol. The molecule has 1 saturated heterocycles. The summed E-state index contributed by atoms with van der Waals surface area (Å²) in [5.41, 5.74) is 1.26. The second kappa shape index (κ2) is 6.80. The molecular formula is C18H30N4S. The van der Waals surface area contributed by atoms with Gasteiger partial charge in [0.15, 0.2) is 5.96 Å². The number of nitrogens with one attached hydrogen (secondary N) is 1. The van der Waals surface area contributed by atoms with Gasteiger partial charge in [-0.1, -0.05) is 33.6 Å². The summed E-state index contributed by atoms with van der Waals surface area (Å²) in [7, 11) is 1.89. The van der Waals surface area contributed by atoms with Crippen LogP contribution < -0.4 is 5.32 Å². The van der Waals surface area contributed by atoms with Gasteiger partial charge in [-0.05, 0) is 24.7 Å². The van der Waals surface area contributed by atoms with Gasteiger partial charge in [0, 0.05) is 30.9 Å². The molecule has 2 atom stereocenters. The zero-order valence-electron chi connectivity index (χ0n) is 14.9. The number of hydrogen-bond donors (Lipinski definition) is 1. The van der Waals surface area contributed by atoms with Crippen molar-refractivity contribution in [2.24, 2.45) is 16.8 Å². The number of aliphatic imine (C=N–C) groups is 1. The van der Waals surface area contributed by atoms with E-state index in [1.165, 1.54) is 43.8 Å². The maximum atomic E-state index is 4.77.